The number of nitrogens with zero attached hydrogens (tertiary/aromatic N) is 2. The van der Waals surface area contributed by atoms with Crippen molar-refractivity contribution in [3.05, 3.63) is 60.2 Å². The Bertz CT molecular complexity index is 996. The molecule has 0 fully saturated rings. The molecule has 0 aliphatic heterocycles. The van der Waals surface area contributed by atoms with Gasteiger partial charge in [0, 0.05) is 16.7 Å². The van der Waals surface area contributed by atoms with E-state index in [2.05, 4.69) is 11.1 Å². The summed E-state index contributed by atoms with van der Waals surface area (Å²) in [7, 11) is 1.60. The van der Waals surface area contributed by atoms with E-state index in [1.54, 1.807) is 13.2 Å². The van der Waals surface area contributed by atoms with Crippen LogP contribution in [0.1, 0.15) is 5.56 Å². The first-order valence-electron chi connectivity index (χ1n) is 8.36. The van der Waals surface area contributed by atoms with E-state index >= 15 is 0 Å². The number of pyridine rings is 1. The summed E-state index contributed by atoms with van der Waals surface area (Å²) < 4.78 is 10.9. The van der Waals surface area contributed by atoms with Crippen LogP contribution >= 0.6 is 0 Å². The van der Waals surface area contributed by atoms with E-state index in [9.17, 15) is 5.26 Å². The quantitative estimate of drug-likeness (QED) is 0.699. The zero-order valence-corrected chi connectivity index (χ0v) is 14.8. The third-order valence-corrected chi connectivity index (χ3v) is 4.05. The van der Waals surface area contributed by atoms with Gasteiger partial charge in [0.25, 0.3) is 0 Å². The molecule has 0 spiro atoms. The lowest BCUT2D eigenvalue weighted by Gasteiger charge is -2.14. The van der Waals surface area contributed by atoms with Crippen LogP contribution < -0.4 is 15.2 Å². The maximum absolute atomic E-state index is 9.60. The summed E-state index contributed by atoms with van der Waals surface area (Å²) >= 11 is 0. The molecule has 3 rings (SSSR count). The Morgan fingerprint density at radius 1 is 1.11 bits per heavy atom. The molecular formula is C21H19N3O3. The molecule has 2 aromatic carbocycles. The van der Waals surface area contributed by atoms with Crippen LogP contribution in [0.15, 0.2) is 54.6 Å². The topological polar surface area (TPSA) is 101 Å². The molecule has 0 aliphatic rings. The lowest BCUT2D eigenvalue weighted by atomic mass is 9.97. The number of methoxy groups -OCH3 is 1. The van der Waals surface area contributed by atoms with Gasteiger partial charge in [0.2, 0.25) is 0 Å². The molecule has 0 amide bonds. The molecule has 0 bridgehead atoms. The van der Waals surface area contributed by atoms with Crippen LogP contribution in [0.5, 0.6) is 11.5 Å². The van der Waals surface area contributed by atoms with Crippen molar-refractivity contribution >= 4 is 5.82 Å². The van der Waals surface area contributed by atoms with Crippen LogP contribution in [-0.2, 0) is 0 Å². The third-order valence-electron chi connectivity index (χ3n) is 4.05. The summed E-state index contributed by atoms with van der Waals surface area (Å²) in [6.07, 6.45) is 0. The van der Waals surface area contributed by atoms with Gasteiger partial charge in [0.15, 0.2) is 0 Å². The first kappa shape index (κ1) is 18.2. The number of ether oxygens (including phenoxy) is 2. The highest BCUT2D eigenvalue weighted by Crippen LogP contribution is 2.36. The molecule has 3 N–H and O–H groups in total. The number of rotatable bonds is 6. The van der Waals surface area contributed by atoms with Crippen molar-refractivity contribution in [2.45, 2.75) is 0 Å². The van der Waals surface area contributed by atoms with E-state index in [-0.39, 0.29) is 24.6 Å². The molecule has 0 atom stereocenters. The number of aliphatic hydroxyl groups excluding tert-OH is 1. The number of benzene rings is 2. The van der Waals surface area contributed by atoms with Crippen LogP contribution in [0.4, 0.5) is 5.82 Å². The zero-order valence-electron chi connectivity index (χ0n) is 14.8. The molecule has 0 saturated carbocycles. The lowest BCUT2D eigenvalue weighted by molar-refractivity contribution is 0.202. The average molecular weight is 361 g/mol. The number of aromatic nitrogens is 1. The summed E-state index contributed by atoms with van der Waals surface area (Å²) in [4.78, 5) is 4.39. The van der Waals surface area contributed by atoms with Gasteiger partial charge in [0.05, 0.1) is 19.4 Å². The van der Waals surface area contributed by atoms with E-state index in [0.29, 0.717) is 28.3 Å². The normalized spacial score (nSPS) is 10.3. The third kappa shape index (κ3) is 3.84. The van der Waals surface area contributed by atoms with Crippen molar-refractivity contribution in [3.8, 4) is 40.0 Å². The number of hydrogen-bond donors (Lipinski definition) is 2. The van der Waals surface area contributed by atoms with Crippen LogP contribution in [-0.4, -0.2) is 30.4 Å². The van der Waals surface area contributed by atoms with Crippen molar-refractivity contribution in [1.29, 1.82) is 5.26 Å². The molecule has 0 aliphatic carbocycles. The fourth-order valence-corrected chi connectivity index (χ4v) is 2.80. The molecular weight excluding hydrogens is 342 g/mol. The van der Waals surface area contributed by atoms with E-state index < -0.39 is 0 Å². The largest absolute Gasteiger partial charge is 0.497 e. The number of hydrogen-bond acceptors (Lipinski definition) is 6. The number of nitrogen functional groups attached to an aromatic ring is 1. The molecule has 27 heavy (non-hydrogen) atoms. The van der Waals surface area contributed by atoms with Gasteiger partial charge in [-0.2, -0.15) is 5.26 Å². The molecule has 1 aromatic heterocycles. The van der Waals surface area contributed by atoms with Crippen molar-refractivity contribution in [3.63, 3.8) is 0 Å². The Balaban J connectivity index is 2.18. The molecule has 136 valence electrons. The Labute approximate surface area is 157 Å². The van der Waals surface area contributed by atoms with Crippen LogP contribution in [0.25, 0.3) is 22.4 Å². The predicted octanol–water partition coefficient (Wildman–Crippen LogP) is 3.25. The van der Waals surface area contributed by atoms with Crippen molar-refractivity contribution in [2.24, 2.45) is 0 Å². The van der Waals surface area contributed by atoms with E-state index in [0.717, 1.165) is 5.56 Å². The molecule has 1 heterocycles. The smallest absolute Gasteiger partial charge is 0.142 e. The molecule has 0 radical (unpaired) electrons. The second kappa shape index (κ2) is 8.21. The summed E-state index contributed by atoms with van der Waals surface area (Å²) in [5.74, 6) is 1.40. The van der Waals surface area contributed by atoms with E-state index in [1.807, 2.05) is 48.5 Å². The van der Waals surface area contributed by atoms with Gasteiger partial charge in [-0.15, -0.1) is 0 Å². The van der Waals surface area contributed by atoms with Crippen LogP contribution in [0.3, 0.4) is 0 Å². The first-order valence-corrected chi connectivity index (χ1v) is 8.36. The molecule has 6 heteroatoms. The average Bonchev–Trinajstić information content (AvgIpc) is 2.72. The van der Waals surface area contributed by atoms with Gasteiger partial charge in [-0.1, -0.05) is 30.3 Å². The molecule has 0 unspecified atom stereocenters. The van der Waals surface area contributed by atoms with Gasteiger partial charge in [0.1, 0.15) is 35.6 Å². The summed E-state index contributed by atoms with van der Waals surface area (Å²) in [6, 6.07) is 18.7. The maximum atomic E-state index is 9.60. The van der Waals surface area contributed by atoms with E-state index in [4.69, 9.17) is 20.3 Å². The highest BCUT2D eigenvalue weighted by Gasteiger charge is 2.16. The first-order chi connectivity index (χ1) is 13.2. The fraction of sp³-hybridized carbons (Fsp3) is 0.143. The standard InChI is InChI=1S/C21H19N3O3/c1-26-15-6-4-5-14(11-15)19-12-17(18(13-22)21(23)24-19)16-7-2-3-8-20(16)27-10-9-25/h2-8,11-12,25H,9-10H2,1H3,(H2,23,24). The Hall–Kier alpha value is -3.56. The maximum Gasteiger partial charge on any atom is 0.142 e. The zero-order chi connectivity index (χ0) is 19.2. The number of para-hydroxylation sites is 1. The van der Waals surface area contributed by atoms with Gasteiger partial charge < -0.3 is 20.3 Å². The second-order valence-corrected chi connectivity index (χ2v) is 5.73. The minimum Gasteiger partial charge on any atom is -0.497 e. The summed E-state index contributed by atoms with van der Waals surface area (Å²) in [5, 5.41) is 18.7. The number of nitriles is 1. The van der Waals surface area contributed by atoms with Gasteiger partial charge in [-0.05, 0) is 24.3 Å². The molecule has 6 nitrogen and oxygen atoms in total. The Kier molecular flexibility index (Phi) is 5.55. The molecule has 0 saturated heterocycles. The van der Waals surface area contributed by atoms with Gasteiger partial charge in [-0.3, -0.25) is 0 Å². The van der Waals surface area contributed by atoms with Crippen LogP contribution in [0.2, 0.25) is 0 Å². The fourth-order valence-electron chi connectivity index (χ4n) is 2.80. The summed E-state index contributed by atoms with van der Waals surface area (Å²) in [5.41, 5.74) is 9.13. The van der Waals surface area contributed by atoms with Crippen molar-refractivity contribution in [2.75, 3.05) is 26.1 Å². The Morgan fingerprint density at radius 2 is 1.93 bits per heavy atom. The van der Waals surface area contributed by atoms with Crippen molar-refractivity contribution < 1.29 is 14.6 Å². The SMILES string of the molecule is COc1cccc(-c2cc(-c3ccccc3OCCO)c(C#N)c(N)n2)c1. The number of nitrogens with two attached hydrogens (primary N) is 1. The van der Waals surface area contributed by atoms with E-state index in [1.165, 1.54) is 0 Å². The van der Waals surface area contributed by atoms with Crippen molar-refractivity contribution in [1.82, 2.24) is 4.98 Å². The molecule has 3 aromatic rings. The number of anilines is 1. The minimum absolute atomic E-state index is 0.104. The monoisotopic (exact) mass is 361 g/mol. The Morgan fingerprint density at radius 3 is 2.67 bits per heavy atom. The highest BCUT2D eigenvalue weighted by atomic mass is 16.5. The van der Waals surface area contributed by atoms with Crippen LogP contribution in [0, 0.1) is 11.3 Å². The predicted molar refractivity (Wildman–Crippen MR) is 103 cm³/mol. The lowest BCUT2D eigenvalue weighted by Crippen LogP contribution is -2.04. The van der Waals surface area contributed by atoms with Gasteiger partial charge >= 0.3 is 0 Å². The van der Waals surface area contributed by atoms with Gasteiger partial charge in [-0.25, -0.2) is 4.98 Å². The summed E-state index contributed by atoms with van der Waals surface area (Å²) in [6.45, 7) is 0.0508. The minimum atomic E-state index is -0.104. The number of aliphatic hydroxyl groups is 1. The highest BCUT2D eigenvalue weighted by molar-refractivity contribution is 5.83. The second-order valence-electron chi connectivity index (χ2n) is 5.73.